The summed E-state index contributed by atoms with van der Waals surface area (Å²) in [6.07, 6.45) is 2.51. The average molecular weight is 389 g/mol. The molecule has 0 radical (unpaired) electrons. The van der Waals surface area contributed by atoms with Crippen molar-refractivity contribution >= 4 is 35.4 Å². The Morgan fingerprint density at radius 1 is 1.26 bits per heavy atom. The van der Waals surface area contributed by atoms with Crippen LogP contribution in [0.5, 0.6) is 0 Å². The summed E-state index contributed by atoms with van der Waals surface area (Å²) in [6.45, 7) is 0. The van der Waals surface area contributed by atoms with Crippen LogP contribution < -0.4 is 10.6 Å². The van der Waals surface area contributed by atoms with Gasteiger partial charge in [0.25, 0.3) is 0 Å². The van der Waals surface area contributed by atoms with Gasteiger partial charge < -0.3 is 15.4 Å². The highest BCUT2D eigenvalue weighted by atomic mass is 32.2. The van der Waals surface area contributed by atoms with E-state index in [1.165, 1.54) is 24.3 Å². The molecule has 2 aliphatic rings. The summed E-state index contributed by atoms with van der Waals surface area (Å²) in [6, 6.07) is 6.08. The van der Waals surface area contributed by atoms with E-state index in [1.807, 2.05) is 11.8 Å². The van der Waals surface area contributed by atoms with Gasteiger partial charge in [0.1, 0.15) is 0 Å². The van der Waals surface area contributed by atoms with E-state index in [9.17, 15) is 14.4 Å². The van der Waals surface area contributed by atoms with Gasteiger partial charge in [-0.1, -0.05) is 23.7 Å². The zero-order valence-corrected chi connectivity index (χ0v) is 15.3. The van der Waals surface area contributed by atoms with Crippen LogP contribution in [0.4, 0.5) is 10.5 Å². The molecule has 2 fully saturated rings. The number of rotatable bonds is 7. The van der Waals surface area contributed by atoms with Crippen LogP contribution in [-0.4, -0.2) is 41.1 Å². The molecule has 3 atom stereocenters. The van der Waals surface area contributed by atoms with Crippen molar-refractivity contribution < 1.29 is 19.1 Å². The monoisotopic (exact) mass is 389 g/mol. The number of fused-ring (bicyclic) bond motifs is 1. The Labute approximate surface area is 159 Å². The van der Waals surface area contributed by atoms with Crippen LogP contribution in [0.1, 0.15) is 36.0 Å². The van der Waals surface area contributed by atoms with Crippen molar-refractivity contribution in [3.63, 3.8) is 0 Å². The van der Waals surface area contributed by atoms with Crippen molar-refractivity contribution in [1.82, 2.24) is 10.6 Å². The fraction of sp³-hybridized carbons (Fsp3) is 0.471. The molecule has 1 aromatic carbocycles. The molecule has 0 bridgehead atoms. The molecule has 0 saturated carbocycles. The first-order chi connectivity index (χ1) is 13.1. The predicted octanol–water partition coefficient (Wildman–Crippen LogP) is 3.04. The number of nitrogens with zero attached hydrogens (tertiary/aromatic N) is 3. The lowest BCUT2D eigenvalue weighted by molar-refractivity contribution is -0.138. The first-order valence-corrected chi connectivity index (χ1v) is 9.70. The molecule has 0 aliphatic carbocycles. The van der Waals surface area contributed by atoms with Gasteiger partial charge in [0, 0.05) is 28.0 Å². The van der Waals surface area contributed by atoms with Crippen LogP contribution in [0.15, 0.2) is 29.4 Å². The van der Waals surface area contributed by atoms with E-state index in [4.69, 9.17) is 10.3 Å². The van der Waals surface area contributed by atoms with Gasteiger partial charge in [0.05, 0.1) is 17.6 Å². The maximum absolute atomic E-state index is 11.9. The van der Waals surface area contributed by atoms with E-state index in [2.05, 4.69) is 20.7 Å². The minimum Gasteiger partial charge on any atom is -0.389 e. The SMILES string of the molecule is [N-]=[N+]=Nc1ccc(C(=O)OC(=O)CCCC[C@@H]2SC[C@@H]3NC(=O)N[C@@H]32)cc1. The number of amides is 2. The molecule has 2 N–H and O–H groups in total. The number of thioether (sulfide) groups is 1. The van der Waals surface area contributed by atoms with E-state index in [-0.39, 0.29) is 30.1 Å². The van der Waals surface area contributed by atoms with Crippen LogP contribution in [0.3, 0.4) is 0 Å². The number of ether oxygens (including phenoxy) is 1. The second-order valence-electron chi connectivity index (χ2n) is 6.37. The number of carbonyl (C=O) groups is 3. The lowest BCUT2D eigenvalue weighted by Gasteiger charge is -2.16. The molecule has 0 aromatic heterocycles. The van der Waals surface area contributed by atoms with Gasteiger partial charge in [-0.25, -0.2) is 9.59 Å². The first-order valence-electron chi connectivity index (χ1n) is 8.65. The third-order valence-corrected chi connectivity index (χ3v) is 6.04. The second kappa shape index (κ2) is 8.79. The summed E-state index contributed by atoms with van der Waals surface area (Å²) in [5.41, 5.74) is 8.94. The maximum atomic E-state index is 11.9. The molecule has 10 heteroatoms. The third kappa shape index (κ3) is 4.93. The van der Waals surface area contributed by atoms with Crippen molar-refractivity contribution in [2.75, 3.05) is 5.75 Å². The summed E-state index contributed by atoms with van der Waals surface area (Å²) < 4.78 is 4.84. The number of esters is 2. The molecule has 142 valence electrons. The number of urea groups is 1. The van der Waals surface area contributed by atoms with Crippen molar-refractivity contribution in [1.29, 1.82) is 0 Å². The molecule has 2 aliphatic heterocycles. The van der Waals surface area contributed by atoms with Crippen LogP contribution in [-0.2, 0) is 9.53 Å². The number of benzene rings is 1. The number of unbranched alkanes of at least 4 members (excludes halogenated alkanes) is 1. The molecule has 0 unspecified atom stereocenters. The van der Waals surface area contributed by atoms with E-state index in [1.54, 1.807) is 0 Å². The van der Waals surface area contributed by atoms with Crippen molar-refractivity contribution in [2.24, 2.45) is 5.11 Å². The van der Waals surface area contributed by atoms with Crippen molar-refractivity contribution in [2.45, 2.75) is 43.0 Å². The lowest BCUT2D eigenvalue weighted by atomic mass is 10.0. The summed E-state index contributed by atoms with van der Waals surface area (Å²) in [5.74, 6) is -0.378. The number of hydrogen-bond acceptors (Lipinski definition) is 6. The molecule has 0 spiro atoms. The molecular weight excluding hydrogens is 370 g/mol. The van der Waals surface area contributed by atoms with Crippen LogP contribution in [0.2, 0.25) is 0 Å². The van der Waals surface area contributed by atoms with Gasteiger partial charge in [-0.15, -0.1) is 0 Å². The van der Waals surface area contributed by atoms with Crippen molar-refractivity contribution in [3.8, 4) is 0 Å². The van der Waals surface area contributed by atoms with Crippen molar-refractivity contribution in [3.05, 3.63) is 40.3 Å². The normalized spacial score (nSPS) is 23.0. The topological polar surface area (TPSA) is 133 Å². The third-order valence-electron chi connectivity index (χ3n) is 4.53. The molecule has 9 nitrogen and oxygen atoms in total. The molecule has 1 aromatic rings. The largest absolute Gasteiger partial charge is 0.389 e. The summed E-state index contributed by atoms with van der Waals surface area (Å²) in [5, 5.41) is 9.59. The summed E-state index contributed by atoms with van der Waals surface area (Å²) in [7, 11) is 0. The predicted molar refractivity (Wildman–Crippen MR) is 99.6 cm³/mol. The molecule has 27 heavy (non-hydrogen) atoms. The minimum absolute atomic E-state index is 0.107. The average Bonchev–Trinajstić information content (AvgIpc) is 3.19. The van der Waals surface area contributed by atoms with Gasteiger partial charge in [0.2, 0.25) is 0 Å². The Balaban J connectivity index is 1.36. The van der Waals surface area contributed by atoms with E-state index >= 15 is 0 Å². The fourth-order valence-corrected chi connectivity index (χ4v) is 4.73. The fourth-order valence-electron chi connectivity index (χ4n) is 3.19. The van der Waals surface area contributed by atoms with Gasteiger partial charge in [-0.2, -0.15) is 11.8 Å². The van der Waals surface area contributed by atoms with E-state index in [0.717, 1.165) is 18.6 Å². The van der Waals surface area contributed by atoms with Gasteiger partial charge >= 0.3 is 18.0 Å². The molecule has 3 rings (SSSR count). The highest BCUT2D eigenvalue weighted by Gasteiger charge is 2.42. The summed E-state index contributed by atoms with van der Waals surface area (Å²) >= 11 is 1.83. The Morgan fingerprint density at radius 3 is 2.78 bits per heavy atom. The zero-order chi connectivity index (χ0) is 19.2. The number of azide groups is 1. The van der Waals surface area contributed by atoms with Gasteiger partial charge in [-0.3, -0.25) is 4.79 Å². The Hall–Kier alpha value is -2.71. The van der Waals surface area contributed by atoms with Crippen LogP contribution >= 0.6 is 11.8 Å². The Kier molecular flexibility index (Phi) is 6.20. The van der Waals surface area contributed by atoms with Crippen LogP contribution in [0.25, 0.3) is 10.4 Å². The molecule has 2 heterocycles. The smallest absolute Gasteiger partial charge is 0.345 e. The van der Waals surface area contributed by atoms with E-state index in [0.29, 0.717) is 17.4 Å². The lowest BCUT2D eigenvalue weighted by Crippen LogP contribution is -2.36. The van der Waals surface area contributed by atoms with E-state index < -0.39 is 11.9 Å². The summed E-state index contributed by atoms with van der Waals surface area (Å²) in [4.78, 5) is 37.8. The Bertz CT molecular complexity index is 778. The standard InChI is InChI=1S/C17H19N5O4S/c18-22-21-11-7-5-10(6-8-11)16(24)26-14(23)4-2-1-3-13-15-12(9-27-13)19-17(25)20-15/h5-8,12-13,15H,1-4,9H2,(H2,19,20,25)/t12-,13-,15-/m0/s1. The van der Waals surface area contributed by atoms with Crippen LogP contribution in [0, 0.1) is 0 Å². The minimum atomic E-state index is -0.721. The Morgan fingerprint density at radius 2 is 2.04 bits per heavy atom. The highest BCUT2D eigenvalue weighted by Crippen LogP contribution is 2.33. The van der Waals surface area contributed by atoms with Gasteiger partial charge in [-0.05, 0) is 30.5 Å². The van der Waals surface area contributed by atoms with Gasteiger partial charge in [0.15, 0.2) is 0 Å². The maximum Gasteiger partial charge on any atom is 0.345 e. The highest BCUT2D eigenvalue weighted by molar-refractivity contribution is 8.00. The molecule has 2 saturated heterocycles. The quantitative estimate of drug-likeness (QED) is 0.141. The number of nitrogens with one attached hydrogen (secondary N) is 2. The molecular formula is C17H19N5O4S. The molecule has 2 amide bonds. The zero-order valence-electron chi connectivity index (χ0n) is 14.5. The number of carbonyl (C=O) groups excluding carboxylic acids is 3. The number of hydrogen-bond donors (Lipinski definition) is 2. The second-order valence-corrected chi connectivity index (χ2v) is 7.64. The first kappa shape index (κ1) is 19.1.